The largest absolute Gasteiger partial charge is 0.495 e. The Labute approximate surface area is 175 Å². The third kappa shape index (κ3) is 4.35. The van der Waals surface area contributed by atoms with Crippen molar-refractivity contribution in [2.75, 3.05) is 23.9 Å². The quantitative estimate of drug-likeness (QED) is 0.681. The first kappa shape index (κ1) is 19.7. The predicted octanol–water partition coefficient (Wildman–Crippen LogP) is 3.58. The summed E-state index contributed by atoms with van der Waals surface area (Å²) < 4.78 is 7.20. The highest BCUT2D eigenvalue weighted by molar-refractivity contribution is 5.98. The maximum Gasteiger partial charge on any atom is 0.228 e. The minimum atomic E-state index is -0.122. The molecule has 1 saturated heterocycles. The van der Waals surface area contributed by atoms with E-state index in [-0.39, 0.29) is 18.2 Å². The smallest absolute Gasteiger partial charge is 0.228 e. The molecule has 2 heterocycles. The number of hydrogen-bond acceptors (Lipinski definition) is 4. The first-order valence-electron chi connectivity index (χ1n) is 10.0. The third-order valence-corrected chi connectivity index (χ3v) is 5.15. The van der Waals surface area contributed by atoms with Gasteiger partial charge in [0.2, 0.25) is 11.8 Å². The molecule has 1 N–H and O–H groups in total. The van der Waals surface area contributed by atoms with Gasteiger partial charge in [-0.1, -0.05) is 12.1 Å². The molecule has 0 spiro atoms. The third-order valence-electron chi connectivity index (χ3n) is 5.15. The normalized spacial score (nSPS) is 13.9. The van der Waals surface area contributed by atoms with Gasteiger partial charge in [0.15, 0.2) is 0 Å². The maximum absolute atomic E-state index is 12.6. The molecule has 30 heavy (non-hydrogen) atoms. The first-order chi connectivity index (χ1) is 14.6. The standard InChI is InChI=1S/C23H24N4O3/c1-30-21-11-8-18(16-20(21)26-13-3-2-5-23(26)29)25-22(28)15-17-6-9-19(10-7-17)27-14-4-12-24-27/h4,6-12,14,16H,2-3,5,13,15H2,1H3,(H,25,28). The summed E-state index contributed by atoms with van der Waals surface area (Å²) in [5, 5.41) is 7.13. The molecule has 1 aromatic heterocycles. The molecule has 0 atom stereocenters. The van der Waals surface area contributed by atoms with Crippen LogP contribution in [-0.2, 0) is 16.0 Å². The van der Waals surface area contributed by atoms with Crippen LogP contribution in [0, 0.1) is 0 Å². The molecule has 7 nitrogen and oxygen atoms in total. The fourth-order valence-electron chi connectivity index (χ4n) is 3.62. The summed E-state index contributed by atoms with van der Waals surface area (Å²) >= 11 is 0. The van der Waals surface area contributed by atoms with E-state index in [1.807, 2.05) is 36.5 Å². The van der Waals surface area contributed by atoms with E-state index in [2.05, 4.69) is 10.4 Å². The number of nitrogens with one attached hydrogen (secondary N) is 1. The summed E-state index contributed by atoms with van der Waals surface area (Å²) in [4.78, 5) is 26.6. The van der Waals surface area contributed by atoms with E-state index < -0.39 is 0 Å². The van der Waals surface area contributed by atoms with Gasteiger partial charge in [-0.3, -0.25) is 9.59 Å². The maximum atomic E-state index is 12.6. The summed E-state index contributed by atoms with van der Waals surface area (Å²) in [5.41, 5.74) is 3.18. The van der Waals surface area contributed by atoms with Crippen LogP contribution in [0.4, 0.5) is 11.4 Å². The second-order valence-corrected chi connectivity index (χ2v) is 7.23. The Morgan fingerprint density at radius 3 is 2.70 bits per heavy atom. The van der Waals surface area contributed by atoms with Gasteiger partial charge in [-0.05, 0) is 54.8 Å². The zero-order valence-electron chi connectivity index (χ0n) is 16.9. The monoisotopic (exact) mass is 404 g/mol. The Kier molecular flexibility index (Phi) is 5.79. The van der Waals surface area contributed by atoms with Crippen molar-refractivity contribution in [1.29, 1.82) is 0 Å². The average molecular weight is 404 g/mol. The number of benzene rings is 2. The van der Waals surface area contributed by atoms with Crippen LogP contribution in [0.2, 0.25) is 0 Å². The van der Waals surface area contributed by atoms with Gasteiger partial charge in [0, 0.05) is 31.0 Å². The van der Waals surface area contributed by atoms with Gasteiger partial charge >= 0.3 is 0 Å². The van der Waals surface area contributed by atoms with Crippen molar-refractivity contribution in [3.05, 3.63) is 66.5 Å². The molecule has 1 aliphatic heterocycles. The number of piperidine rings is 1. The van der Waals surface area contributed by atoms with Crippen LogP contribution in [0.15, 0.2) is 60.9 Å². The number of rotatable bonds is 6. The number of carbonyl (C=O) groups is 2. The van der Waals surface area contributed by atoms with Crippen LogP contribution in [0.1, 0.15) is 24.8 Å². The van der Waals surface area contributed by atoms with Gasteiger partial charge in [-0.15, -0.1) is 0 Å². The fourth-order valence-corrected chi connectivity index (χ4v) is 3.62. The molecule has 2 amide bonds. The van der Waals surface area contributed by atoms with Crippen molar-refractivity contribution in [3.8, 4) is 11.4 Å². The van der Waals surface area contributed by atoms with Gasteiger partial charge in [-0.2, -0.15) is 5.10 Å². The minimum Gasteiger partial charge on any atom is -0.495 e. The second kappa shape index (κ2) is 8.82. The summed E-state index contributed by atoms with van der Waals surface area (Å²) in [5.74, 6) is 0.584. The van der Waals surface area contributed by atoms with Gasteiger partial charge in [0.25, 0.3) is 0 Å². The summed E-state index contributed by atoms with van der Waals surface area (Å²) in [6.07, 6.45) is 6.25. The molecule has 2 aromatic carbocycles. The fraction of sp³-hybridized carbons (Fsp3) is 0.261. The number of aromatic nitrogens is 2. The Morgan fingerprint density at radius 2 is 2.00 bits per heavy atom. The zero-order chi connectivity index (χ0) is 20.9. The molecule has 154 valence electrons. The van der Waals surface area contributed by atoms with Crippen molar-refractivity contribution in [2.45, 2.75) is 25.7 Å². The molecule has 0 radical (unpaired) electrons. The molecule has 1 aliphatic rings. The van der Waals surface area contributed by atoms with Crippen LogP contribution >= 0.6 is 0 Å². The number of ether oxygens (including phenoxy) is 1. The van der Waals surface area contributed by atoms with Crippen LogP contribution in [0.25, 0.3) is 5.69 Å². The number of hydrogen-bond donors (Lipinski definition) is 1. The van der Waals surface area contributed by atoms with Crippen LogP contribution < -0.4 is 15.0 Å². The molecule has 0 bridgehead atoms. The van der Waals surface area contributed by atoms with E-state index in [1.54, 1.807) is 41.1 Å². The van der Waals surface area contributed by atoms with Gasteiger partial charge < -0.3 is 15.0 Å². The molecule has 3 aromatic rings. The minimum absolute atomic E-state index is 0.0836. The van der Waals surface area contributed by atoms with Crippen molar-refractivity contribution in [2.24, 2.45) is 0 Å². The lowest BCUT2D eigenvalue weighted by atomic mass is 10.1. The Balaban J connectivity index is 1.45. The van der Waals surface area contributed by atoms with E-state index in [1.165, 1.54) is 0 Å². The lowest BCUT2D eigenvalue weighted by molar-refractivity contribution is -0.119. The Bertz CT molecular complexity index is 1030. The van der Waals surface area contributed by atoms with E-state index >= 15 is 0 Å². The number of amides is 2. The average Bonchev–Trinajstić information content (AvgIpc) is 3.29. The van der Waals surface area contributed by atoms with E-state index in [4.69, 9.17) is 4.74 Å². The van der Waals surface area contributed by atoms with Gasteiger partial charge in [-0.25, -0.2) is 4.68 Å². The highest BCUT2D eigenvalue weighted by atomic mass is 16.5. The zero-order valence-corrected chi connectivity index (χ0v) is 16.9. The highest BCUT2D eigenvalue weighted by Gasteiger charge is 2.23. The number of methoxy groups -OCH3 is 1. The number of carbonyl (C=O) groups excluding carboxylic acids is 2. The predicted molar refractivity (Wildman–Crippen MR) is 115 cm³/mol. The van der Waals surface area contributed by atoms with Crippen molar-refractivity contribution in [1.82, 2.24) is 9.78 Å². The number of anilines is 2. The van der Waals surface area contributed by atoms with Crippen molar-refractivity contribution >= 4 is 23.2 Å². The molecular weight excluding hydrogens is 380 g/mol. The summed E-state index contributed by atoms with van der Waals surface area (Å²) in [6.45, 7) is 0.662. The van der Waals surface area contributed by atoms with E-state index in [9.17, 15) is 9.59 Å². The van der Waals surface area contributed by atoms with Crippen LogP contribution in [0.3, 0.4) is 0 Å². The van der Waals surface area contributed by atoms with Crippen molar-refractivity contribution in [3.63, 3.8) is 0 Å². The SMILES string of the molecule is COc1ccc(NC(=O)Cc2ccc(-n3cccn3)cc2)cc1N1CCCCC1=O. The molecule has 0 unspecified atom stereocenters. The van der Waals surface area contributed by atoms with Crippen molar-refractivity contribution < 1.29 is 14.3 Å². The van der Waals surface area contributed by atoms with Crippen LogP contribution in [-0.4, -0.2) is 35.2 Å². The highest BCUT2D eigenvalue weighted by Crippen LogP contribution is 2.33. The lowest BCUT2D eigenvalue weighted by Crippen LogP contribution is -2.35. The van der Waals surface area contributed by atoms with E-state index in [0.29, 0.717) is 30.1 Å². The Hall–Kier alpha value is -3.61. The lowest BCUT2D eigenvalue weighted by Gasteiger charge is -2.28. The second-order valence-electron chi connectivity index (χ2n) is 7.23. The topological polar surface area (TPSA) is 76.5 Å². The molecule has 7 heteroatoms. The first-order valence-corrected chi connectivity index (χ1v) is 10.0. The van der Waals surface area contributed by atoms with E-state index in [0.717, 1.165) is 24.1 Å². The summed E-state index contributed by atoms with van der Waals surface area (Å²) in [6, 6.07) is 14.9. The van der Waals surface area contributed by atoms with Crippen LogP contribution in [0.5, 0.6) is 5.75 Å². The Morgan fingerprint density at radius 1 is 1.17 bits per heavy atom. The molecule has 0 aliphatic carbocycles. The number of nitrogens with zero attached hydrogens (tertiary/aromatic N) is 3. The molecular formula is C23H24N4O3. The van der Waals surface area contributed by atoms with Gasteiger partial charge in [0.1, 0.15) is 5.75 Å². The molecule has 0 saturated carbocycles. The summed E-state index contributed by atoms with van der Waals surface area (Å²) in [7, 11) is 1.58. The molecule has 4 rings (SSSR count). The molecule has 1 fully saturated rings. The van der Waals surface area contributed by atoms with Gasteiger partial charge in [0.05, 0.1) is 24.9 Å².